The van der Waals surface area contributed by atoms with Crippen molar-refractivity contribution in [2.45, 2.75) is 57.9 Å². The van der Waals surface area contributed by atoms with E-state index in [9.17, 15) is 4.79 Å². The lowest BCUT2D eigenvalue weighted by Gasteiger charge is -2.13. The molecule has 0 heterocycles. The molecule has 0 aromatic rings. The molecule has 0 aromatic carbocycles. The van der Waals surface area contributed by atoms with Gasteiger partial charge in [0.2, 0.25) is 0 Å². The fourth-order valence-corrected chi connectivity index (χ4v) is 2.03. The number of hydrogen-bond acceptors (Lipinski definition) is 3. The predicted molar refractivity (Wildman–Crippen MR) is 60.4 cm³/mol. The van der Waals surface area contributed by atoms with Crippen molar-refractivity contribution in [3.8, 4) is 0 Å². The molecule has 0 spiro atoms. The van der Waals surface area contributed by atoms with E-state index in [-0.39, 0.29) is 5.97 Å². The quantitative estimate of drug-likeness (QED) is 0.688. The largest absolute Gasteiger partial charge is 0.464 e. The first-order valence-electron chi connectivity index (χ1n) is 6.16. The van der Waals surface area contributed by atoms with Crippen LogP contribution in [0.4, 0.5) is 0 Å². The van der Waals surface area contributed by atoms with Crippen LogP contribution in [-0.4, -0.2) is 18.6 Å². The molecule has 0 aliphatic heterocycles. The molecular formula is C12H23NO2. The number of unbranched alkanes of at least 4 members (excludes halogenated alkanes) is 1. The Morgan fingerprint density at radius 3 is 2.73 bits per heavy atom. The second-order valence-electron chi connectivity index (χ2n) is 4.53. The lowest BCUT2D eigenvalue weighted by Crippen LogP contribution is -2.33. The Balaban J connectivity index is 2.11. The van der Waals surface area contributed by atoms with E-state index < -0.39 is 6.04 Å². The highest BCUT2D eigenvalue weighted by molar-refractivity contribution is 5.75. The van der Waals surface area contributed by atoms with Gasteiger partial charge in [-0.2, -0.15) is 0 Å². The second-order valence-corrected chi connectivity index (χ2v) is 4.53. The Morgan fingerprint density at radius 2 is 2.13 bits per heavy atom. The number of carbonyl (C=O) groups excluding carboxylic acids is 1. The molecule has 0 aromatic heterocycles. The third kappa shape index (κ3) is 4.65. The first-order valence-corrected chi connectivity index (χ1v) is 6.16. The van der Waals surface area contributed by atoms with Crippen LogP contribution in [0.15, 0.2) is 0 Å². The highest BCUT2D eigenvalue weighted by atomic mass is 16.5. The maximum absolute atomic E-state index is 11.5. The average Bonchev–Trinajstić information content (AvgIpc) is 2.75. The lowest BCUT2D eigenvalue weighted by molar-refractivity contribution is -0.146. The van der Waals surface area contributed by atoms with Crippen LogP contribution in [-0.2, 0) is 9.53 Å². The summed E-state index contributed by atoms with van der Waals surface area (Å²) in [4.78, 5) is 11.5. The summed E-state index contributed by atoms with van der Waals surface area (Å²) in [6.07, 6.45) is 7.80. The van der Waals surface area contributed by atoms with E-state index in [2.05, 4.69) is 6.92 Å². The van der Waals surface area contributed by atoms with E-state index in [1.165, 1.54) is 25.7 Å². The summed E-state index contributed by atoms with van der Waals surface area (Å²) in [5, 5.41) is 0. The summed E-state index contributed by atoms with van der Waals surface area (Å²) < 4.78 is 5.22. The van der Waals surface area contributed by atoms with Gasteiger partial charge >= 0.3 is 5.97 Å². The van der Waals surface area contributed by atoms with Crippen LogP contribution in [0, 0.1) is 5.92 Å². The molecule has 0 saturated heterocycles. The maximum atomic E-state index is 11.5. The lowest BCUT2D eigenvalue weighted by atomic mass is 10.1. The summed E-state index contributed by atoms with van der Waals surface area (Å²) in [7, 11) is 0. The maximum Gasteiger partial charge on any atom is 0.322 e. The van der Waals surface area contributed by atoms with Crippen molar-refractivity contribution in [3.05, 3.63) is 0 Å². The fraction of sp³-hybridized carbons (Fsp3) is 0.917. The zero-order valence-electron chi connectivity index (χ0n) is 9.71. The topological polar surface area (TPSA) is 52.3 Å². The Bertz CT molecular complexity index is 188. The average molecular weight is 213 g/mol. The number of rotatable bonds is 6. The van der Waals surface area contributed by atoms with Gasteiger partial charge in [-0.05, 0) is 25.2 Å². The van der Waals surface area contributed by atoms with Gasteiger partial charge < -0.3 is 10.5 Å². The van der Waals surface area contributed by atoms with E-state index >= 15 is 0 Å². The SMILES string of the molecule is CCCCC(N)C(=O)OCC1CCCC1. The van der Waals surface area contributed by atoms with Gasteiger partial charge in [0.15, 0.2) is 0 Å². The number of esters is 1. The zero-order chi connectivity index (χ0) is 11.1. The van der Waals surface area contributed by atoms with Gasteiger partial charge in [-0.15, -0.1) is 0 Å². The molecule has 1 saturated carbocycles. The summed E-state index contributed by atoms with van der Waals surface area (Å²) in [6.45, 7) is 2.68. The number of hydrogen-bond donors (Lipinski definition) is 1. The van der Waals surface area contributed by atoms with Gasteiger partial charge in [0.1, 0.15) is 6.04 Å². The van der Waals surface area contributed by atoms with Gasteiger partial charge in [-0.1, -0.05) is 32.6 Å². The number of carbonyl (C=O) groups is 1. The van der Waals surface area contributed by atoms with Crippen molar-refractivity contribution in [3.63, 3.8) is 0 Å². The summed E-state index contributed by atoms with van der Waals surface area (Å²) >= 11 is 0. The van der Waals surface area contributed by atoms with E-state index in [0.717, 1.165) is 19.3 Å². The minimum Gasteiger partial charge on any atom is -0.464 e. The molecule has 0 bridgehead atoms. The van der Waals surface area contributed by atoms with Crippen molar-refractivity contribution in [2.75, 3.05) is 6.61 Å². The molecular weight excluding hydrogens is 190 g/mol. The van der Waals surface area contributed by atoms with Gasteiger partial charge in [-0.3, -0.25) is 4.79 Å². The van der Waals surface area contributed by atoms with E-state index in [4.69, 9.17) is 10.5 Å². The Kier molecular flexibility index (Phi) is 5.69. The molecule has 1 aliphatic rings. The highest BCUT2D eigenvalue weighted by Crippen LogP contribution is 2.24. The van der Waals surface area contributed by atoms with E-state index in [1.54, 1.807) is 0 Å². The molecule has 3 nitrogen and oxygen atoms in total. The zero-order valence-corrected chi connectivity index (χ0v) is 9.71. The molecule has 1 fully saturated rings. The minimum absolute atomic E-state index is 0.213. The van der Waals surface area contributed by atoms with Crippen LogP contribution in [0.5, 0.6) is 0 Å². The molecule has 15 heavy (non-hydrogen) atoms. The number of nitrogens with two attached hydrogens (primary N) is 1. The third-order valence-corrected chi connectivity index (χ3v) is 3.11. The molecule has 3 heteroatoms. The van der Waals surface area contributed by atoms with Gasteiger partial charge in [0.05, 0.1) is 6.61 Å². The molecule has 2 N–H and O–H groups in total. The van der Waals surface area contributed by atoms with Crippen molar-refractivity contribution >= 4 is 5.97 Å². The van der Waals surface area contributed by atoms with E-state index in [1.807, 2.05) is 0 Å². The Hall–Kier alpha value is -0.570. The normalized spacial score (nSPS) is 19.1. The van der Waals surface area contributed by atoms with Gasteiger partial charge in [0, 0.05) is 0 Å². The first kappa shape index (κ1) is 12.5. The van der Waals surface area contributed by atoms with E-state index in [0.29, 0.717) is 12.5 Å². The molecule has 1 aliphatic carbocycles. The van der Waals surface area contributed by atoms with Crippen LogP contribution in [0.3, 0.4) is 0 Å². The van der Waals surface area contributed by atoms with Gasteiger partial charge in [-0.25, -0.2) is 0 Å². The van der Waals surface area contributed by atoms with Crippen LogP contribution in [0.25, 0.3) is 0 Å². The van der Waals surface area contributed by atoms with Crippen LogP contribution >= 0.6 is 0 Å². The Labute approximate surface area is 92.4 Å². The van der Waals surface area contributed by atoms with Crippen LogP contribution < -0.4 is 5.73 Å². The standard InChI is InChI=1S/C12H23NO2/c1-2-3-8-11(13)12(14)15-9-10-6-4-5-7-10/h10-11H,2-9,13H2,1H3. The van der Waals surface area contributed by atoms with Crippen LogP contribution in [0.2, 0.25) is 0 Å². The molecule has 88 valence electrons. The summed E-state index contributed by atoms with van der Waals surface area (Å²) in [5.41, 5.74) is 5.71. The van der Waals surface area contributed by atoms with Gasteiger partial charge in [0.25, 0.3) is 0 Å². The molecule has 1 unspecified atom stereocenters. The summed E-state index contributed by atoms with van der Waals surface area (Å²) in [5.74, 6) is 0.377. The Morgan fingerprint density at radius 1 is 1.47 bits per heavy atom. The molecule has 0 radical (unpaired) electrons. The van der Waals surface area contributed by atoms with Crippen molar-refractivity contribution in [1.29, 1.82) is 0 Å². The molecule has 1 atom stereocenters. The molecule has 0 amide bonds. The smallest absolute Gasteiger partial charge is 0.322 e. The highest BCUT2D eigenvalue weighted by Gasteiger charge is 2.19. The second kappa shape index (κ2) is 6.83. The summed E-state index contributed by atoms with van der Waals surface area (Å²) in [6, 6.07) is -0.411. The number of ether oxygens (including phenoxy) is 1. The van der Waals surface area contributed by atoms with Crippen molar-refractivity contribution in [1.82, 2.24) is 0 Å². The predicted octanol–water partition coefficient (Wildman–Crippen LogP) is 2.24. The first-order chi connectivity index (χ1) is 7.24. The minimum atomic E-state index is -0.411. The van der Waals surface area contributed by atoms with Crippen molar-refractivity contribution < 1.29 is 9.53 Å². The molecule has 1 rings (SSSR count). The fourth-order valence-electron chi connectivity index (χ4n) is 2.03. The van der Waals surface area contributed by atoms with Crippen molar-refractivity contribution in [2.24, 2.45) is 11.7 Å². The van der Waals surface area contributed by atoms with Crippen LogP contribution in [0.1, 0.15) is 51.9 Å². The monoisotopic (exact) mass is 213 g/mol. The third-order valence-electron chi connectivity index (χ3n) is 3.11.